The SMILES string of the molecule is CCO[Si](CCc1cccc(C)c1[Si](OCC)(OCC)OCC)(OCC)OCC. The van der Waals surface area contributed by atoms with E-state index in [1.165, 1.54) is 0 Å². The number of hydrogen-bond acceptors (Lipinski definition) is 6. The van der Waals surface area contributed by atoms with Crippen LogP contribution in [0.4, 0.5) is 0 Å². The Morgan fingerprint density at radius 1 is 0.655 bits per heavy atom. The lowest BCUT2D eigenvalue weighted by Gasteiger charge is -2.32. The summed E-state index contributed by atoms with van der Waals surface area (Å²) in [6.07, 6.45) is 0.755. The summed E-state index contributed by atoms with van der Waals surface area (Å²) in [6, 6.07) is 7.00. The Kier molecular flexibility index (Phi) is 12.5. The van der Waals surface area contributed by atoms with E-state index in [1.54, 1.807) is 0 Å². The van der Waals surface area contributed by atoms with Gasteiger partial charge in [0.15, 0.2) is 0 Å². The number of benzene rings is 1. The Bertz CT molecular complexity index is 550. The lowest BCUT2D eigenvalue weighted by Crippen LogP contribution is -2.59. The second-order valence-electron chi connectivity index (χ2n) is 6.45. The van der Waals surface area contributed by atoms with Crippen LogP contribution in [0.5, 0.6) is 0 Å². The van der Waals surface area contributed by atoms with E-state index in [4.69, 9.17) is 26.6 Å². The maximum Gasteiger partial charge on any atom is 0.537 e. The molecular weight excluding hydrogens is 404 g/mol. The van der Waals surface area contributed by atoms with E-state index in [0.717, 1.165) is 22.7 Å². The van der Waals surface area contributed by atoms with E-state index < -0.39 is 17.6 Å². The zero-order valence-corrected chi connectivity index (χ0v) is 21.3. The van der Waals surface area contributed by atoms with Crippen molar-refractivity contribution in [2.45, 2.75) is 60.9 Å². The standard InChI is InChI=1S/C21H40O6Si2/c1-8-22-28(23-9-2,24-10-3)18-17-20-16-14-15-19(7)21(20)29(25-11-4,26-12-5)27-13-6/h14-16H,8-13,17-18H2,1-7H3. The summed E-state index contributed by atoms with van der Waals surface area (Å²) in [4.78, 5) is 0. The molecule has 0 bridgehead atoms. The van der Waals surface area contributed by atoms with E-state index >= 15 is 0 Å². The largest absolute Gasteiger partial charge is 0.537 e. The molecule has 0 heterocycles. The quantitative estimate of drug-likeness (QED) is 0.361. The van der Waals surface area contributed by atoms with Crippen molar-refractivity contribution in [2.24, 2.45) is 0 Å². The average molecular weight is 445 g/mol. The molecule has 0 unspecified atom stereocenters. The van der Waals surface area contributed by atoms with Gasteiger partial charge in [-0.2, -0.15) is 0 Å². The number of aryl methyl sites for hydroxylation is 2. The molecule has 0 spiro atoms. The predicted molar refractivity (Wildman–Crippen MR) is 121 cm³/mol. The molecule has 168 valence electrons. The van der Waals surface area contributed by atoms with Crippen molar-refractivity contribution in [3.8, 4) is 0 Å². The highest BCUT2D eigenvalue weighted by Crippen LogP contribution is 2.22. The molecule has 8 heteroatoms. The van der Waals surface area contributed by atoms with Crippen LogP contribution in [0.25, 0.3) is 0 Å². The van der Waals surface area contributed by atoms with Gasteiger partial charge < -0.3 is 26.6 Å². The third kappa shape index (κ3) is 7.25. The molecule has 0 fully saturated rings. The smallest absolute Gasteiger partial charge is 0.374 e. The molecule has 0 aliphatic rings. The summed E-state index contributed by atoms with van der Waals surface area (Å²) in [5, 5.41) is 1.07. The highest BCUT2D eigenvalue weighted by molar-refractivity contribution is 6.76. The van der Waals surface area contributed by atoms with Gasteiger partial charge in [0.25, 0.3) is 0 Å². The van der Waals surface area contributed by atoms with Crippen LogP contribution >= 0.6 is 0 Å². The van der Waals surface area contributed by atoms with Gasteiger partial charge in [0.1, 0.15) is 0 Å². The highest BCUT2D eigenvalue weighted by Gasteiger charge is 2.47. The number of rotatable bonds is 16. The van der Waals surface area contributed by atoms with Crippen LogP contribution in [0.15, 0.2) is 18.2 Å². The molecule has 0 atom stereocenters. The molecular formula is C21H40O6Si2. The van der Waals surface area contributed by atoms with E-state index in [0.29, 0.717) is 45.7 Å². The zero-order valence-electron chi connectivity index (χ0n) is 19.3. The molecule has 0 aliphatic carbocycles. The molecule has 0 amide bonds. The first kappa shape index (κ1) is 26.4. The summed E-state index contributed by atoms with van der Waals surface area (Å²) in [5.74, 6) is 0. The molecule has 0 saturated heterocycles. The van der Waals surface area contributed by atoms with Gasteiger partial charge in [-0.15, -0.1) is 0 Å². The molecule has 6 nitrogen and oxygen atoms in total. The molecule has 0 aromatic heterocycles. The van der Waals surface area contributed by atoms with Crippen molar-refractivity contribution in [1.82, 2.24) is 0 Å². The Morgan fingerprint density at radius 2 is 1.10 bits per heavy atom. The van der Waals surface area contributed by atoms with Crippen LogP contribution in [-0.4, -0.2) is 57.3 Å². The average Bonchev–Trinajstić information content (AvgIpc) is 2.67. The van der Waals surface area contributed by atoms with Crippen molar-refractivity contribution < 1.29 is 26.6 Å². The van der Waals surface area contributed by atoms with Crippen molar-refractivity contribution in [3.05, 3.63) is 29.3 Å². The second kappa shape index (κ2) is 13.7. The molecule has 1 aromatic rings. The summed E-state index contributed by atoms with van der Waals surface area (Å²) >= 11 is 0. The predicted octanol–water partition coefficient (Wildman–Crippen LogP) is 3.84. The molecule has 1 aromatic carbocycles. The first-order valence-electron chi connectivity index (χ1n) is 10.9. The lowest BCUT2D eigenvalue weighted by molar-refractivity contribution is 0.0711. The van der Waals surface area contributed by atoms with Gasteiger partial charge in [-0.05, 0) is 66.0 Å². The van der Waals surface area contributed by atoms with Gasteiger partial charge in [0.05, 0.1) is 0 Å². The van der Waals surface area contributed by atoms with Gasteiger partial charge in [0, 0.05) is 50.9 Å². The molecule has 0 radical (unpaired) electrons. The highest BCUT2D eigenvalue weighted by atomic mass is 28.4. The minimum atomic E-state index is -3.02. The summed E-state index contributed by atoms with van der Waals surface area (Å²) in [7, 11) is -5.76. The van der Waals surface area contributed by atoms with Crippen molar-refractivity contribution in [3.63, 3.8) is 0 Å². The second-order valence-corrected chi connectivity index (χ2v) is 11.7. The molecule has 1 rings (SSSR count). The fraction of sp³-hybridized carbons (Fsp3) is 0.714. The third-order valence-electron chi connectivity index (χ3n) is 4.46. The van der Waals surface area contributed by atoms with Crippen molar-refractivity contribution in [1.29, 1.82) is 0 Å². The van der Waals surface area contributed by atoms with Crippen LogP contribution in [0.1, 0.15) is 52.7 Å². The Labute approximate surface area is 179 Å². The van der Waals surface area contributed by atoms with Crippen LogP contribution in [0.3, 0.4) is 0 Å². The Balaban J connectivity index is 3.34. The van der Waals surface area contributed by atoms with Gasteiger partial charge in [-0.25, -0.2) is 0 Å². The van der Waals surface area contributed by atoms with Crippen LogP contribution in [0, 0.1) is 6.92 Å². The zero-order chi connectivity index (χ0) is 21.8. The van der Waals surface area contributed by atoms with Crippen molar-refractivity contribution in [2.75, 3.05) is 39.6 Å². The van der Waals surface area contributed by atoms with E-state index in [-0.39, 0.29) is 0 Å². The Hall–Kier alpha value is -0.586. The first-order valence-corrected chi connectivity index (χ1v) is 14.6. The fourth-order valence-electron chi connectivity index (χ4n) is 3.58. The molecule has 0 saturated carbocycles. The van der Waals surface area contributed by atoms with Gasteiger partial charge in [-0.3, -0.25) is 0 Å². The van der Waals surface area contributed by atoms with Gasteiger partial charge in [0.2, 0.25) is 0 Å². The third-order valence-corrected chi connectivity index (χ3v) is 10.8. The van der Waals surface area contributed by atoms with E-state index in [1.807, 2.05) is 41.5 Å². The monoisotopic (exact) mass is 444 g/mol. The molecule has 0 aliphatic heterocycles. The summed E-state index contributed by atoms with van der Waals surface area (Å²) in [6.45, 7) is 17.3. The van der Waals surface area contributed by atoms with Crippen LogP contribution < -0.4 is 5.19 Å². The van der Waals surface area contributed by atoms with Gasteiger partial charge >= 0.3 is 17.6 Å². The minimum Gasteiger partial charge on any atom is -0.374 e. The van der Waals surface area contributed by atoms with Gasteiger partial charge in [-0.1, -0.05) is 18.2 Å². The molecule has 29 heavy (non-hydrogen) atoms. The van der Waals surface area contributed by atoms with Crippen molar-refractivity contribution >= 4 is 22.8 Å². The Morgan fingerprint density at radius 3 is 1.52 bits per heavy atom. The summed E-state index contributed by atoms with van der Waals surface area (Å²) in [5.41, 5.74) is 2.28. The van der Waals surface area contributed by atoms with Crippen LogP contribution in [0.2, 0.25) is 6.04 Å². The summed E-state index contributed by atoms with van der Waals surface area (Å²) < 4.78 is 36.7. The maximum atomic E-state index is 6.20. The topological polar surface area (TPSA) is 55.4 Å². The minimum absolute atomic E-state index is 0.537. The van der Waals surface area contributed by atoms with E-state index in [2.05, 4.69) is 25.1 Å². The lowest BCUT2D eigenvalue weighted by atomic mass is 10.1. The first-order chi connectivity index (χ1) is 14.0. The van der Waals surface area contributed by atoms with Crippen LogP contribution in [-0.2, 0) is 33.0 Å². The maximum absolute atomic E-state index is 6.20. The van der Waals surface area contributed by atoms with E-state index in [9.17, 15) is 0 Å². The fourth-order valence-corrected chi connectivity index (χ4v) is 9.14. The normalized spacial score (nSPS) is 12.5. The number of hydrogen-bond donors (Lipinski definition) is 0. The molecule has 0 N–H and O–H groups in total.